The number of hydrogen-bond donors (Lipinski definition) is 1. The normalized spacial score (nSPS) is 19.8. The van der Waals surface area contributed by atoms with Crippen LogP contribution in [-0.4, -0.2) is 22.6 Å². The lowest BCUT2D eigenvalue weighted by molar-refractivity contribution is 0.709. The molecule has 1 aromatic rings. The molecule has 1 aromatic heterocycles. The van der Waals surface area contributed by atoms with Crippen LogP contribution in [-0.2, 0) is 0 Å². The molecule has 0 bridgehead atoms. The first-order chi connectivity index (χ1) is 7.75. The average Bonchev–Trinajstić information content (AvgIpc) is 3.14. The van der Waals surface area contributed by atoms with Crippen LogP contribution in [0.25, 0.3) is 0 Å². The number of nitrogens with zero attached hydrogens (tertiary/aromatic N) is 3. The molecule has 3 rings (SSSR count). The third kappa shape index (κ3) is 1.94. The average molecular weight is 239 g/mol. The Kier molecular flexibility index (Phi) is 2.39. The summed E-state index contributed by atoms with van der Waals surface area (Å²) < 4.78 is 0. The molecule has 16 heavy (non-hydrogen) atoms. The molecule has 2 N–H and O–H groups in total. The number of hydrogen-bond acceptors (Lipinski definition) is 4. The van der Waals surface area contributed by atoms with Gasteiger partial charge in [-0.1, -0.05) is 11.6 Å². The van der Waals surface area contributed by atoms with Crippen molar-refractivity contribution in [3.63, 3.8) is 0 Å². The molecule has 0 radical (unpaired) electrons. The zero-order valence-electron chi connectivity index (χ0n) is 9.06. The highest BCUT2D eigenvalue weighted by molar-refractivity contribution is 6.32. The Morgan fingerprint density at radius 1 is 1.31 bits per heavy atom. The van der Waals surface area contributed by atoms with Crippen molar-refractivity contribution < 1.29 is 0 Å². The van der Waals surface area contributed by atoms with E-state index >= 15 is 0 Å². The highest BCUT2D eigenvalue weighted by Crippen LogP contribution is 2.39. The summed E-state index contributed by atoms with van der Waals surface area (Å²) in [6.45, 7) is 1.07. The van der Waals surface area contributed by atoms with Crippen LogP contribution in [0.3, 0.4) is 0 Å². The number of aromatic nitrogens is 2. The van der Waals surface area contributed by atoms with Gasteiger partial charge in [-0.25, -0.2) is 9.97 Å². The minimum absolute atomic E-state index is 0.367. The van der Waals surface area contributed by atoms with Gasteiger partial charge >= 0.3 is 0 Å². The fraction of sp³-hybridized carbons (Fsp3) is 0.636. The summed E-state index contributed by atoms with van der Waals surface area (Å²) in [4.78, 5) is 10.5. The van der Waals surface area contributed by atoms with E-state index in [-0.39, 0.29) is 0 Å². The third-order valence-electron chi connectivity index (χ3n) is 3.23. The van der Waals surface area contributed by atoms with Gasteiger partial charge in [-0.15, -0.1) is 0 Å². The van der Waals surface area contributed by atoms with E-state index in [9.17, 15) is 0 Å². The topological polar surface area (TPSA) is 55.0 Å². The predicted molar refractivity (Wildman–Crippen MR) is 64.5 cm³/mol. The van der Waals surface area contributed by atoms with Gasteiger partial charge in [-0.05, 0) is 31.6 Å². The van der Waals surface area contributed by atoms with Crippen LogP contribution in [0.2, 0.25) is 5.15 Å². The molecule has 2 saturated carbocycles. The Labute approximate surface area is 99.8 Å². The summed E-state index contributed by atoms with van der Waals surface area (Å²) in [6.07, 6.45) is 6.65. The smallest absolute Gasteiger partial charge is 0.157 e. The van der Waals surface area contributed by atoms with E-state index in [0.29, 0.717) is 16.9 Å². The van der Waals surface area contributed by atoms with Gasteiger partial charge in [0.25, 0.3) is 0 Å². The first-order valence-corrected chi connectivity index (χ1v) is 6.16. The molecular weight excluding hydrogens is 224 g/mol. The lowest BCUT2D eigenvalue weighted by Gasteiger charge is -2.24. The van der Waals surface area contributed by atoms with Crippen molar-refractivity contribution >= 4 is 23.1 Å². The lowest BCUT2D eigenvalue weighted by Crippen LogP contribution is -2.29. The fourth-order valence-electron chi connectivity index (χ4n) is 1.97. The summed E-state index contributed by atoms with van der Waals surface area (Å²) >= 11 is 5.93. The SMILES string of the molecule is Nc1c(Cl)ncnc1N(CC1CC1)C1CC1. The molecule has 4 nitrogen and oxygen atoms in total. The van der Waals surface area contributed by atoms with Crippen molar-refractivity contribution in [2.45, 2.75) is 31.7 Å². The second-order valence-electron chi connectivity index (χ2n) is 4.73. The van der Waals surface area contributed by atoms with Gasteiger partial charge in [0.05, 0.1) is 0 Å². The molecule has 2 fully saturated rings. The molecule has 5 heteroatoms. The van der Waals surface area contributed by atoms with E-state index in [1.54, 1.807) is 0 Å². The zero-order valence-corrected chi connectivity index (χ0v) is 9.82. The van der Waals surface area contributed by atoms with Gasteiger partial charge in [0.1, 0.15) is 12.0 Å². The number of halogens is 1. The standard InChI is InChI=1S/C11H15ClN4/c12-10-9(13)11(15-6-14-10)16(8-3-4-8)5-7-1-2-7/h6-8H,1-5,13H2. The van der Waals surface area contributed by atoms with Crippen LogP contribution in [0.1, 0.15) is 25.7 Å². The van der Waals surface area contributed by atoms with Crippen LogP contribution in [0.5, 0.6) is 0 Å². The van der Waals surface area contributed by atoms with E-state index in [1.807, 2.05) is 0 Å². The van der Waals surface area contributed by atoms with Crippen LogP contribution in [0, 0.1) is 5.92 Å². The van der Waals surface area contributed by atoms with Gasteiger partial charge in [-0.3, -0.25) is 0 Å². The molecule has 0 atom stereocenters. The highest BCUT2D eigenvalue weighted by Gasteiger charge is 2.35. The molecule has 0 unspecified atom stereocenters. The maximum atomic E-state index is 5.95. The van der Waals surface area contributed by atoms with E-state index in [0.717, 1.165) is 18.3 Å². The molecule has 0 aliphatic heterocycles. The first kappa shape index (κ1) is 10.1. The summed E-state index contributed by atoms with van der Waals surface area (Å²) in [5.74, 6) is 1.66. The lowest BCUT2D eigenvalue weighted by atomic mass is 10.3. The van der Waals surface area contributed by atoms with E-state index < -0.39 is 0 Å². The van der Waals surface area contributed by atoms with E-state index in [2.05, 4.69) is 14.9 Å². The van der Waals surface area contributed by atoms with Crippen molar-refractivity contribution in [2.75, 3.05) is 17.2 Å². The molecule has 0 amide bonds. The minimum Gasteiger partial charge on any atom is -0.393 e. The Hall–Kier alpha value is -1.03. The molecular formula is C11H15ClN4. The maximum Gasteiger partial charge on any atom is 0.157 e. The van der Waals surface area contributed by atoms with E-state index in [4.69, 9.17) is 17.3 Å². The monoisotopic (exact) mass is 238 g/mol. The number of anilines is 2. The molecule has 0 aromatic carbocycles. The van der Waals surface area contributed by atoms with Crippen molar-refractivity contribution in [3.05, 3.63) is 11.5 Å². The summed E-state index contributed by atoms with van der Waals surface area (Å²) in [6, 6.07) is 0.619. The Morgan fingerprint density at radius 2 is 2.06 bits per heavy atom. The second-order valence-corrected chi connectivity index (χ2v) is 5.09. The molecule has 2 aliphatic rings. The van der Waals surface area contributed by atoms with Crippen molar-refractivity contribution in [2.24, 2.45) is 5.92 Å². The van der Waals surface area contributed by atoms with Crippen LogP contribution >= 0.6 is 11.6 Å². The van der Waals surface area contributed by atoms with Crippen LogP contribution in [0.15, 0.2) is 6.33 Å². The van der Waals surface area contributed by atoms with Crippen molar-refractivity contribution in [1.82, 2.24) is 9.97 Å². The Bertz CT molecular complexity index is 401. The van der Waals surface area contributed by atoms with Gasteiger partial charge in [-0.2, -0.15) is 0 Å². The minimum atomic E-state index is 0.367. The molecule has 0 saturated heterocycles. The summed E-state index contributed by atoms with van der Waals surface area (Å²) in [5.41, 5.74) is 6.47. The van der Waals surface area contributed by atoms with Crippen molar-refractivity contribution in [3.8, 4) is 0 Å². The van der Waals surface area contributed by atoms with Crippen LogP contribution in [0.4, 0.5) is 11.5 Å². The van der Waals surface area contributed by atoms with E-state index in [1.165, 1.54) is 32.0 Å². The second kappa shape index (κ2) is 3.77. The number of rotatable bonds is 4. The molecule has 1 heterocycles. The van der Waals surface area contributed by atoms with Gasteiger partial charge in [0.2, 0.25) is 0 Å². The molecule has 86 valence electrons. The fourth-order valence-corrected chi connectivity index (χ4v) is 2.10. The zero-order chi connectivity index (χ0) is 11.1. The third-order valence-corrected chi connectivity index (χ3v) is 3.53. The summed E-state index contributed by atoms with van der Waals surface area (Å²) in [5, 5.41) is 0.367. The largest absolute Gasteiger partial charge is 0.393 e. The maximum absolute atomic E-state index is 5.95. The Morgan fingerprint density at radius 3 is 2.69 bits per heavy atom. The quantitative estimate of drug-likeness (QED) is 0.817. The van der Waals surface area contributed by atoms with Gasteiger partial charge in [0.15, 0.2) is 11.0 Å². The van der Waals surface area contributed by atoms with Gasteiger partial charge in [0, 0.05) is 12.6 Å². The molecule has 2 aliphatic carbocycles. The molecule has 0 spiro atoms. The number of nitrogen functional groups attached to an aromatic ring is 1. The van der Waals surface area contributed by atoms with Gasteiger partial charge < -0.3 is 10.6 Å². The number of nitrogens with two attached hydrogens (primary N) is 1. The highest BCUT2D eigenvalue weighted by atomic mass is 35.5. The first-order valence-electron chi connectivity index (χ1n) is 5.78. The van der Waals surface area contributed by atoms with Crippen molar-refractivity contribution in [1.29, 1.82) is 0 Å². The Balaban J connectivity index is 1.88. The van der Waals surface area contributed by atoms with Crippen LogP contribution < -0.4 is 10.6 Å². The summed E-state index contributed by atoms with van der Waals surface area (Å²) in [7, 11) is 0. The predicted octanol–water partition coefficient (Wildman–Crippen LogP) is 2.09.